The van der Waals surface area contributed by atoms with E-state index in [0.717, 1.165) is 13.1 Å². The molecular weight excluding hydrogens is 215 g/mol. The molecule has 0 saturated carbocycles. The van der Waals surface area contributed by atoms with Gasteiger partial charge in [0.1, 0.15) is 5.82 Å². The van der Waals surface area contributed by atoms with E-state index in [1.807, 2.05) is 19.1 Å². The van der Waals surface area contributed by atoms with Gasteiger partial charge >= 0.3 is 0 Å². The van der Waals surface area contributed by atoms with Crippen molar-refractivity contribution in [2.24, 2.45) is 17.6 Å². The number of anilines is 1. The predicted molar refractivity (Wildman–Crippen MR) is 71.7 cm³/mol. The summed E-state index contributed by atoms with van der Waals surface area (Å²) in [5, 5.41) is 0. The Balaban J connectivity index is 2.82. The summed E-state index contributed by atoms with van der Waals surface area (Å²) in [5.41, 5.74) is 6.45. The van der Waals surface area contributed by atoms with Crippen LogP contribution in [0, 0.1) is 17.7 Å². The van der Waals surface area contributed by atoms with Crippen molar-refractivity contribution < 1.29 is 4.39 Å². The van der Waals surface area contributed by atoms with E-state index < -0.39 is 0 Å². The fourth-order valence-electron chi connectivity index (χ4n) is 1.95. The number of halogens is 1. The molecular formula is C14H23FN2. The van der Waals surface area contributed by atoms with Gasteiger partial charge in [0.2, 0.25) is 0 Å². The Morgan fingerprint density at radius 2 is 1.94 bits per heavy atom. The van der Waals surface area contributed by atoms with Gasteiger partial charge < -0.3 is 10.6 Å². The molecule has 0 fully saturated rings. The molecule has 2 nitrogen and oxygen atoms in total. The SMILES string of the molecule is CCN(CC(CN)C(C)C)c1ccccc1F. The van der Waals surface area contributed by atoms with Crippen LogP contribution in [0.4, 0.5) is 10.1 Å². The highest BCUT2D eigenvalue weighted by molar-refractivity contribution is 5.47. The molecule has 0 radical (unpaired) electrons. The second-order valence-electron chi connectivity index (χ2n) is 4.73. The van der Waals surface area contributed by atoms with Crippen LogP contribution in [0.3, 0.4) is 0 Å². The van der Waals surface area contributed by atoms with Crippen LogP contribution in [-0.4, -0.2) is 19.6 Å². The molecule has 1 unspecified atom stereocenters. The monoisotopic (exact) mass is 238 g/mol. The molecule has 0 saturated heterocycles. The number of nitrogens with zero attached hydrogens (tertiary/aromatic N) is 1. The van der Waals surface area contributed by atoms with Crippen LogP contribution in [0.5, 0.6) is 0 Å². The number of hydrogen-bond acceptors (Lipinski definition) is 2. The van der Waals surface area contributed by atoms with E-state index in [1.54, 1.807) is 6.07 Å². The quantitative estimate of drug-likeness (QED) is 0.825. The molecule has 1 rings (SSSR count). The Hall–Kier alpha value is -1.09. The molecule has 0 aromatic heterocycles. The Morgan fingerprint density at radius 3 is 2.41 bits per heavy atom. The van der Waals surface area contributed by atoms with E-state index >= 15 is 0 Å². The first-order chi connectivity index (χ1) is 8.10. The third-order valence-corrected chi connectivity index (χ3v) is 3.28. The lowest BCUT2D eigenvalue weighted by molar-refractivity contribution is 0.392. The molecule has 0 amide bonds. The second kappa shape index (κ2) is 6.60. The van der Waals surface area contributed by atoms with Gasteiger partial charge in [0, 0.05) is 13.1 Å². The van der Waals surface area contributed by atoms with Gasteiger partial charge in [-0.15, -0.1) is 0 Å². The first-order valence-corrected chi connectivity index (χ1v) is 6.29. The Morgan fingerprint density at radius 1 is 1.29 bits per heavy atom. The molecule has 1 aromatic carbocycles. The lowest BCUT2D eigenvalue weighted by Crippen LogP contribution is -2.36. The fourth-order valence-corrected chi connectivity index (χ4v) is 1.95. The highest BCUT2D eigenvalue weighted by atomic mass is 19.1. The van der Waals surface area contributed by atoms with Crippen molar-refractivity contribution in [3.8, 4) is 0 Å². The fraction of sp³-hybridized carbons (Fsp3) is 0.571. The van der Waals surface area contributed by atoms with Gasteiger partial charge in [0.05, 0.1) is 5.69 Å². The summed E-state index contributed by atoms with van der Waals surface area (Å²) in [4.78, 5) is 2.06. The highest BCUT2D eigenvalue weighted by Gasteiger charge is 2.17. The van der Waals surface area contributed by atoms with Gasteiger partial charge in [-0.25, -0.2) is 4.39 Å². The zero-order valence-electron chi connectivity index (χ0n) is 11.0. The van der Waals surface area contributed by atoms with E-state index in [9.17, 15) is 4.39 Å². The summed E-state index contributed by atoms with van der Waals surface area (Å²) in [7, 11) is 0. The summed E-state index contributed by atoms with van der Waals surface area (Å²) < 4.78 is 13.7. The minimum absolute atomic E-state index is 0.158. The predicted octanol–water partition coefficient (Wildman–Crippen LogP) is 2.88. The summed E-state index contributed by atoms with van der Waals surface area (Å²) in [6.07, 6.45) is 0. The van der Waals surface area contributed by atoms with E-state index in [4.69, 9.17) is 5.73 Å². The van der Waals surface area contributed by atoms with Crippen LogP contribution < -0.4 is 10.6 Å². The van der Waals surface area contributed by atoms with E-state index in [0.29, 0.717) is 24.1 Å². The van der Waals surface area contributed by atoms with Crippen molar-refractivity contribution in [1.29, 1.82) is 0 Å². The topological polar surface area (TPSA) is 29.3 Å². The van der Waals surface area contributed by atoms with E-state index in [1.165, 1.54) is 6.07 Å². The van der Waals surface area contributed by atoms with Crippen LogP contribution in [0.15, 0.2) is 24.3 Å². The van der Waals surface area contributed by atoms with Crippen LogP contribution in [0.2, 0.25) is 0 Å². The van der Waals surface area contributed by atoms with Crippen molar-refractivity contribution >= 4 is 5.69 Å². The molecule has 1 atom stereocenters. The van der Waals surface area contributed by atoms with Gasteiger partial charge in [-0.1, -0.05) is 26.0 Å². The molecule has 0 heterocycles. The summed E-state index contributed by atoms with van der Waals surface area (Å²) >= 11 is 0. The van der Waals surface area contributed by atoms with Crippen molar-refractivity contribution in [2.75, 3.05) is 24.5 Å². The summed E-state index contributed by atoms with van der Waals surface area (Å²) in [5.74, 6) is 0.754. The minimum atomic E-state index is -0.158. The smallest absolute Gasteiger partial charge is 0.146 e. The molecule has 0 aliphatic carbocycles. The number of hydrogen-bond donors (Lipinski definition) is 1. The van der Waals surface area contributed by atoms with Gasteiger partial charge in [-0.2, -0.15) is 0 Å². The molecule has 0 aliphatic heterocycles. The lowest BCUT2D eigenvalue weighted by atomic mass is 9.95. The Labute approximate surface area is 104 Å². The van der Waals surface area contributed by atoms with Crippen molar-refractivity contribution in [1.82, 2.24) is 0 Å². The van der Waals surface area contributed by atoms with Crippen molar-refractivity contribution in [2.45, 2.75) is 20.8 Å². The Bertz CT molecular complexity index is 339. The van der Waals surface area contributed by atoms with E-state index in [-0.39, 0.29) is 5.82 Å². The highest BCUT2D eigenvalue weighted by Crippen LogP contribution is 2.21. The van der Waals surface area contributed by atoms with Gasteiger partial charge in [-0.3, -0.25) is 0 Å². The molecule has 96 valence electrons. The van der Waals surface area contributed by atoms with Crippen molar-refractivity contribution in [3.63, 3.8) is 0 Å². The second-order valence-corrected chi connectivity index (χ2v) is 4.73. The number of benzene rings is 1. The standard InChI is InChI=1S/C14H23FN2/c1-4-17(10-12(9-16)11(2)3)14-8-6-5-7-13(14)15/h5-8,11-12H,4,9-10,16H2,1-3H3. The molecule has 0 bridgehead atoms. The van der Waals surface area contributed by atoms with Crippen LogP contribution >= 0.6 is 0 Å². The largest absolute Gasteiger partial charge is 0.369 e. The Kier molecular flexibility index (Phi) is 5.42. The third kappa shape index (κ3) is 3.70. The molecule has 0 aliphatic rings. The first-order valence-electron chi connectivity index (χ1n) is 6.29. The number of para-hydroxylation sites is 1. The maximum absolute atomic E-state index is 13.7. The number of rotatable bonds is 6. The van der Waals surface area contributed by atoms with Crippen LogP contribution in [-0.2, 0) is 0 Å². The minimum Gasteiger partial charge on any atom is -0.369 e. The third-order valence-electron chi connectivity index (χ3n) is 3.28. The summed E-state index contributed by atoms with van der Waals surface area (Å²) in [6.45, 7) is 8.61. The average molecular weight is 238 g/mol. The first kappa shape index (κ1) is 14.0. The lowest BCUT2D eigenvalue weighted by Gasteiger charge is -2.30. The summed E-state index contributed by atoms with van der Waals surface area (Å²) in [6, 6.07) is 6.92. The maximum atomic E-state index is 13.7. The average Bonchev–Trinajstić information content (AvgIpc) is 2.31. The van der Waals surface area contributed by atoms with Gasteiger partial charge in [0.15, 0.2) is 0 Å². The van der Waals surface area contributed by atoms with Gasteiger partial charge in [0.25, 0.3) is 0 Å². The van der Waals surface area contributed by atoms with E-state index in [2.05, 4.69) is 18.7 Å². The zero-order valence-corrected chi connectivity index (χ0v) is 11.0. The normalized spacial score (nSPS) is 12.8. The number of nitrogens with two attached hydrogens (primary N) is 1. The zero-order chi connectivity index (χ0) is 12.8. The molecule has 3 heteroatoms. The van der Waals surface area contributed by atoms with Gasteiger partial charge in [-0.05, 0) is 37.4 Å². The molecule has 17 heavy (non-hydrogen) atoms. The van der Waals surface area contributed by atoms with Crippen LogP contribution in [0.1, 0.15) is 20.8 Å². The molecule has 2 N–H and O–H groups in total. The maximum Gasteiger partial charge on any atom is 0.146 e. The molecule has 1 aromatic rings. The molecule has 0 spiro atoms. The van der Waals surface area contributed by atoms with Crippen LogP contribution in [0.25, 0.3) is 0 Å². The van der Waals surface area contributed by atoms with Crippen molar-refractivity contribution in [3.05, 3.63) is 30.1 Å².